The predicted octanol–water partition coefficient (Wildman–Crippen LogP) is 6.12. The maximum Gasteiger partial charge on any atom is 0.271 e. The van der Waals surface area contributed by atoms with Crippen molar-refractivity contribution in [1.29, 1.82) is 0 Å². The topological polar surface area (TPSA) is 41.9 Å². The summed E-state index contributed by atoms with van der Waals surface area (Å²) in [4.78, 5) is 20.5. The Morgan fingerprint density at radius 3 is 2.34 bits per heavy atom. The highest BCUT2D eigenvalue weighted by Gasteiger charge is 2.35. The summed E-state index contributed by atoms with van der Waals surface area (Å²) in [6.07, 6.45) is 7.17. The van der Waals surface area contributed by atoms with Crippen LogP contribution in [0.5, 0.6) is 5.75 Å². The fourth-order valence-corrected chi connectivity index (χ4v) is 4.18. The number of amidine groups is 1. The number of benzene rings is 3. The van der Waals surface area contributed by atoms with Crippen LogP contribution in [-0.4, -0.2) is 17.7 Å². The van der Waals surface area contributed by atoms with Crippen LogP contribution in [0.15, 0.2) is 82.7 Å². The van der Waals surface area contributed by atoms with E-state index in [1.807, 2.05) is 92.7 Å². The standard InChI is InChI=1S/C27H22N2O2S/c1-4-17-31-24-8-6-5-7-21(24)18-25-26(30)29(23-15-11-20(3)12-16-23)27(32-25)28-22-13-9-19(2)10-14-22/h1,5-16,18H,17H2,2-3H3. The van der Waals surface area contributed by atoms with Crippen LogP contribution in [0.3, 0.4) is 0 Å². The van der Waals surface area contributed by atoms with Crippen molar-refractivity contribution in [2.24, 2.45) is 4.99 Å². The quantitative estimate of drug-likeness (QED) is 0.356. The van der Waals surface area contributed by atoms with Crippen LogP contribution in [0.4, 0.5) is 11.4 Å². The zero-order valence-corrected chi connectivity index (χ0v) is 18.7. The van der Waals surface area contributed by atoms with Crippen molar-refractivity contribution in [2.75, 3.05) is 11.5 Å². The van der Waals surface area contributed by atoms with E-state index in [1.54, 1.807) is 4.90 Å². The summed E-state index contributed by atoms with van der Waals surface area (Å²) in [7, 11) is 0. The van der Waals surface area contributed by atoms with Gasteiger partial charge < -0.3 is 4.74 Å². The van der Waals surface area contributed by atoms with Crippen LogP contribution >= 0.6 is 11.8 Å². The average molecular weight is 439 g/mol. The van der Waals surface area contributed by atoms with Gasteiger partial charge in [-0.2, -0.15) is 0 Å². The molecule has 0 radical (unpaired) electrons. The Labute approximate surface area is 192 Å². The van der Waals surface area contributed by atoms with Gasteiger partial charge in [0.05, 0.1) is 16.3 Å². The van der Waals surface area contributed by atoms with Crippen LogP contribution in [0.25, 0.3) is 6.08 Å². The summed E-state index contributed by atoms with van der Waals surface area (Å²) in [5, 5.41) is 0.607. The summed E-state index contributed by atoms with van der Waals surface area (Å²) in [6.45, 7) is 4.21. The first-order valence-electron chi connectivity index (χ1n) is 10.2. The van der Waals surface area contributed by atoms with Gasteiger partial charge in [-0.25, -0.2) is 4.99 Å². The lowest BCUT2D eigenvalue weighted by Gasteiger charge is -2.16. The molecule has 0 aliphatic carbocycles. The van der Waals surface area contributed by atoms with Gasteiger partial charge in [-0.05, 0) is 62.0 Å². The lowest BCUT2D eigenvalue weighted by molar-refractivity contribution is -0.113. The molecule has 4 nitrogen and oxygen atoms in total. The molecule has 0 N–H and O–H groups in total. The molecule has 0 unspecified atom stereocenters. The third-order valence-electron chi connectivity index (χ3n) is 4.87. The smallest absolute Gasteiger partial charge is 0.271 e. The molecule has 4 rings (SSSR count). The number of nitrogens with zero attached hydrogens (tertiary/aromatic N) is 2. The van der Waals surface area contributed by atoms with Gasteiger partial charge in [-0.15, -0.1) is 6.42 Å². The SMILES string of the molecule is C#CCOc1ccccc1C=C1SC(=Nc2ccc(C)cc2)N(c2ccc(C)cc2)C1=O. The molecule has 1 fully saturated rings. The number of aryl methyl sites for hydroxylation is 2. The number of amides is 1. The fraction of sp³-hybridized carbons (Fsp3) is 0.111. The molecule has 1 heterocycles. The van der Waals surface area contributed by atoms with Gasteiger partial charge in [0, 0.05) is 5.56 Å². The molecule has 0 bridgehead atoms. The molecule has 5 heteroatoms. The largest absolute Gasteiger partial charge is 0.480 e. The molecule has 0 aromatic heterocycles. The van der Waals surface area contributed by atoms with Crippen LogP contribution in [0, 0.1) is 26.2 Å². The van der Waals surface area contributed by atoms with Crippen LogP contribution in [0.1, 0.15) is 16.7 Å². The second-order valence-electron chi connectivity index (χ2n) is 7.35. The van der Waals surface area contributed by atoms with Crippen LogP contribution < -0.4 is 9.64 Å². The maximum absolute atomic E-state index is 13.5. The predicted molar refractivity (Wildman–Crippen MR) is 133 cm³/mol. The van der Waals surface area contributed by atoms with Crippen molar-refractivity contribution in [1.82, 2.24) is 0 Å². The number of carbonyl (C=O) groups excluding carboxylic acids is 1. The number of hydrogen-bond acceptors (Lipinski definition) is 4. The molecule has 0 atom stereocenters. The van der Waals surface area contributed by atoms with Gasteiger partial charge in [-0.3, -0.25) is 9.69 Å². The number of carbonyl (C=O) groups is 1. The van der Waals surface area contributed by atoms with Gasteiger partial charge in [0.2, 0.25) is 0 Å². The minimum Gasteiger partial charge on any atom is -0.480 e. The number of anilines is 1. The third-order valence-corrected chi connectivity index (χ3v) is 5.84. The number of ether oxygens (including phenoxy) is 1. The van der Waals surface area contributed by atoms with Crippen molar-refractivity contribution in [3.63, 3.8) is 0 Å². The molecule has 1 aliphatic heterocycles. The zero-order chi connectivity index (χ0) is 22.5. The van der Waals surface area contributed by atoms with Crippen molar-refractivity contribution in [2.45, 2.75) is 13.8 Å². The number of para-hydroxylation sites is 1. The van der Waals surface area contributed by atoms with Gasteiger partial charge >= 0.3 is 0 Å². The van der Waals surface area contributed by atoms with E-state index < -0.39 is 0 Å². The van der Waals surface area contributed by atoms with Crippen molar-refractivity contribution in [3.05, 3.63) is 94.4 Å². The van der Waals surface area contributed by atoms with Crippen molar-refractivity contribution in [3.8, 4) is 18.1 Å². The zero-order valence-electron chi connectivity index (χ0n) is 17.9. The lowest BCUT2D eigenvalue weighted by atomic mass is 10.1. The Kier molecular flexibility index (Phi) is 6.44. The Morgan fingerprint density at radius 2 is 1.66 bits per heavy atom. The first-order chi connectivity index (χ1) is 15.5. The third kappa shape index (κ3) is 4.77. The highest BCUT2D eigenvalue weighted by Crippen LogP contribution is 2.38. The molecule has 0 saturated carbocycles. The van der Waals surface area contributed by atoms with E-state index in [0.717, 1.165) is 28.1 Å². The Balaban J connectivity index is 1.76. The van der Waals surface area contributed by atoms with E-state index in [-0.39, 0.29) is 12.5 Å². The van der Waals surface area contributed by atoms with Crippen molar-refractivity contribution < 1.29 is 9.53 Å². The first-order valence-corrected chi connectivity index (χ1v) is 11.0. The maximum atomic E-state index is 13.5. The molecule has 32 heavy (non-hydrogen) atoms. The molecule has 3 aromatic rings. The number of aliphatic imine (C=N–C) groups is 1. The van der Waals surface area contributed by atoms with Gasteiger partial charge in [-0.1, -0.05) is 59.5 Å². The fourth-order valence-electron chi connectivity index (χ4n) is 3.19. The summed E-state index contributed by atoms with van der Waals surface area (Å²) < 4.78 is 5.65. The Morgan fingerprint density at radius 1 is 1.00 bits per heavy atom. The van der Waals surface area contributed by atoms with E-state index in [1.165, 1.54) is 11.8 Å². The van der Waals surface area contributed by atoms with Gasteiger partial charge in [0.15, 0.2) is 5.17 Å². The molecular weight excluding hydrogens is 416 g/mol. The molecular formula is C27H22N2O2S. The molecule has 1 amide bonds. The molecule has 3 aromatic carbocycles. The Hall–Kier alpha value is -3.75. The minimum atomic E-state index is -0.128. The van der Waals surface area contributed by atoms with E-state index in [2.05, 4.69) is 5.92 Å². The molecule has 1 saturated heterocycles. The van der Waals surface area contributed by atoms with E-state index in [4.69, 9.17) is 16.2 Å². The monoisotopic (exact) mass is 438 g/mol. The van der Waals surface area contributed by atoms with Gasteiger partial charge in [0.1, 0.15) is 12.4 Å². The number of terminal acetylenes is 1. The molecule has 1 aliphatic rings. The summed E-state index contributed by atoms with van der Waals surface area (Å²) in [5.74, 6) is 2.98. The number of hydrogen-bond donors (Lipinski definition) is 0. The number of thioether (sulfide) groups is 1. The average Bonchev–Trinajstić information content (AvgIpc) is 3.10. The second kappa shape index (κ2) is 9.59. The summed E-state index contributed by atoms with van der Waals surface area (Å²) >= 11 is 1.34. The van der Waals surface area contributed by atoms with Crippen LogP contribution in [-0.2, 0) is 4.79 Å². The van der Waals surface area contributed by atoms with E-state index in [0.29, 0.717) is 15.8 Å². The summed E-state index contributed by atoms with van der Waals surface area (Å²) in [6, 6.07) is 23.3. The van der Waals surface area contributed by atoms with Crippen molar-refractivity contribution >= 4 is 40.3 Å². The lowest BCUT2D eigenvalue weighted by Crippen LogP contribution is -2.28. The highest BCUT2D eigenvalue weighted by molar-refractivity contribution is 8.19. The minimum absolute atomic E-state index is 0.128. The first kappa shape index (κ1) is 21.5. The molecule has 0 spiro atoms. The normalized spacial score (nSPS) is 15.9. The second-order valence-corrected chi connectivity index (χ2v) is 8.36. The van der Waals surface area contributed by atoms with E-state index in [9.17, 15) is 4.79 Å². The Bertz CT molecular complexity index is 1240. The molecule has 158 valence electrons. The number of rotatable bonds is 5. The van der Waals surface area contributed by atoms with Gasteiger partial charge in [0.25, 0.3) is 5.91 Å². The summed E-state index contributed by atoms with van der Waals surface area (Å²) in [5.41, 5.74) is 4.64. The highest BCUT2D eigenvalue weighted by atomic mass is 32.2. The van der Waals surface area contributed by atoms with Crippen LogP contribution in [0.2, 0.25) is 0 Å². The van der Waals surface area contributed by atoms with E-state index >= 15 is 0 Å².